The summed E-state index contributed by atoms with van der Waals surface area (Å²) in [5.74, 6) is -2.51. The first-order valence-electron chi connectivity index (χ1n) is 5.58. The summed E-state index contributed by atoms with van der Waals surface area (Å²) in [5.41, 5.74) is 0.298. The molecule has 0 spiro atoms. The zero-order valence-corrected chi connectivity index (χ0v) is 9.86. The summed E-state index contributed by atoms with van der Waals surface area (Å²) in [6, 6.07) is 9.83. The van der Waals surface area contributed by atoms with E-state index in [1.165, 1.54) is 12.1 Å². The Morgan fingerprint density at radius 1 is 1.05 bits per heavy atom. The number of benzene rings is 2. The molecule has 0 bridgehead atoms. The lowest BCUT2D eigenvalue weighted by molar-refractivity contribution is 0.0696. The number of para-hydroxylation sites is 1. The number of carboxylic acids is 1. The van der Waals surface area contributed by atoms with Crippen molar-refractivity contribution in [3.05, 3.63) is 65.2 Å². The summed E-state index contributed by atoms with van der Waals surface area (Å²) in [5, 5.41) is 11.6. The van der Waals surface area contributed by atoms with Crippen LogP contribution in [-0.4, -0.2) is 11.1 Å². The first kappa shape index (κ1) is 13.0. The molecular weight excluding hydrogens is 252 g/mol. The van der Waals surface area contributed by atoms with Crippen molar-refractivity contribution in [2.75, 3.05) is 5.32 Å². The van der Waals surface area contributed by atoms with Crippen LogP contribution in [0.1, 0.15) is 15.9 Å². The Bertz CT molecular complexity index is 594. The molecule has 0 saturated heterocycles. The summed E-state index contributed by atoms with van der Waals surface area (Å²) in [7, 11) is 0. The molecule has 0 aliphatic rings. The van der Waals surface area contributed by atoms with E-state index < -0.39 is 17.6 Å². The fourth-order valence-electron chi connectivity index (χ4n) is 1.73. The topological polar surface area (TPSA) is 49.3 Å². The van der Waals surface area contributed by atoms with Crippen LogP contribution in [0.3, 0.4) is 0 Å². The quantitative estimate of drug-likeness (QED) is 0.890. The highest BCUT2D eigenvalue weighted by Crippen LogP contribution is 2.19. The van der Waals surface area contributed by atoms with E-state index in [1.807, 2.05) is 0 Å². The molecule has 0 atom stereocenters. The summed E-state index contributed by atoms with van der Waals surface area (Å²) >= 11 is 0. The molecule has 0 aliphatic carbocycles. The van der Waals surface area contributed by atoms with Gasteiger partial charge in [0.2, 0.25) is 0 Å². The third-order valence-corrected chi connectivity index (χ3v) is 2.67. The molecule has 0 unspecified atom stereocenters. The number of nitrogens with one attached hydrogen (secondary N) is 1. The first-order valence-corrected chi connectivity index (χ1v) is 5.58. The van der Waals surface area contributed by atoms with Gasteiger partial charge in [-0.2, -0.15) is 0 Å². The van der Waals surface area contributed by atoms with Crippen LogP contribution in [-0.2, 0) is 6.54 Å². The third-order valence-electron chi connectivity index (χ3n) is 2.67. The van der Waals surface area contributed by atoms with Gasteiger partial charge in [-0.1, -0.05) is 24.3 Å². The smallest absolute Gasteiger partial charge is 0.336 e. The second-order valence-electron chi connectivity index (χ2n) is 3.91. The number of rotatable bonds is 4. The van der Waals surface area contributed by atoms with Crippen LogP contribution in [0.5, 0.6) is 0 Å². The van der Waals surface area contributed by atoms with E-state index in [2.05, 4.69) is 5.32 Å². The van der Waals surface area contributed by atoms with Crippen LogP contribution in [0.4, 0.5) is 14.5 Å². The van der Waals surface area contributed by atoms with E-state index in [-0.39, 0.29) is 17.8 Å². The van der Waals surface area contributed by atoms with E-state index in [9.17, 15) is 13.6 Å². The lowest BCUT2D eigenvalue weighted by atomic mass is 10.1. The number of halogens is 2. The molecule has 0 aromatic heterocycles. The predicted molar refractivity (Wildman–Crippen MR) is 67.1 cm³/mol. The third kappa shape index (κ3) is 2.88. The van der Waals surface area contributed by atoms with Gasteiger partial charge in [-0.05, 0) is 23.8 Å². The number of carbonyl (C=O) groups is 1. The standard InChI is InChI=1S/C14H11F2NO2/c15-11-6-3-7-12(16)13(11)17-8-9-4-1-2-5-10(9)14(18)19/h1-7,17H,8H2,(H,18,19). The lowest BCUT2D eigenvalue weighted by Gasteiger charge is -2.10. The predicted octanol–water partition coefficient (Wildman–Crippen LogP) is 3.28. The van der Waals surface area contributed by atoms with E-state index in [0.29, 0.717) is 5.56 Å². The maximum absolute atomic E-state index is 13.4. The molecule has 0 saturated carbocycles. The van der Waals surface area contributed by atoms with Crippen molar-refractivity contribution >= 4 is 11.7 Å². The molecule has 5 heteroatoms. The van der Waals surface area contributed by atoms with Gasteiger partial charge < -0.3 is 10.4 Å². The molecule has 98 valence electrons. The van der Waals surface area contributed by atoms with Gasteiger partial charge in [0.25, 0.3) is 0 Å². The van der Waals surface area contributed by atoms with E-state index in [0.717, 1.165) is 12.1 Å². The van der Waals surface area contributed by atoms with Crippen LogP contribution >= 0.6 is 0 Å². The normalized spacial score (nSPS) is 10.2. The van der Waals surface area contributed by atoms with E-state index >= 15 is 0 Å². The van der Waals surface area contributed by atoms with Gasteiger partial charge in [0.05, 0.1) is 5.56 Å². The number of anilines is 1. The minimum atomic E-state index is -1.08. The second-order valence-corrected chi connectivity index (χ2v) is 3.91. The second kappa shape index (κ2) is 5.48. The van der Waals surface area contributed by atoms with Gasteiger partial charge >= 0.3 is 5.97 Å². The minimum Gasteiger partial charge on any atom is -0.478 e. The van der Waals surface area contributed by atoms with Crippen molar-refractivity contribution in [1.29, 1.82) is 0 Å². The molecule has 0 fully saturated rings. The van der Waals surface area contributed by atoms with E-state index in [1.54, 1.807) is 18.2 Å². The van der Waals surface area contributed by atoms with Gasteiger partial charge in [-0.15, -0.1) is 0 Å². The van der Waals surface area contributed by atoms with Crippen molar-refractivity contribution in [3.8, 4) is 0 Å². The molecule has 0 aliphatic heterocycles. The van der Waals surface area contributed by atoms with Crippen LogP contribution in [0.15, 0.2) is 42.5 Å². The maximum atomic E-state index is 13.4. The average molecular weight is 263 g/mol. The molecule has 2 N–H and O–H groups in total. The highest BCUT2D eigenvalue weighted by molar-refractivity contribution is 5.89. The Morgan fingerprint density at radius 3 is 2.32 bits per heavy atom. The number of aromatic carboxylic acids is 1. The minimum absolute atomic E-state index is 0.0281. The number of hydrogen-bond acceptors (Lipinski definition) is 2. The fraction of sp³-hybridized carbons (Fsp3) is 0.0714. The zero-order valence-electron chi connectivity index (χ0n) is 9.86. The summed E-state index contributed by atoms with van der Waals surface area (Å²) in [4.78, 5) is 11.0. The van der Waals surface area contributed by atoms with Crippen molar-refractivity contribution in [2.45, 2.75) is 6.54 Å². The molecule has 2 aromatic rings. The molecule has 3 nitrogen and oxygen atoms in total. The Morgan fingerprint density at radius 2 is 1.68 bits per heavy atom. The van der Waals surface area contributed by atoms with Crippen molar-refractivity contribution in [3.63, 3.8) is 0 Å². The summed E-state index contributed by atoms with van der Waals surface area (Å²) < 4.78 is 26.8. The SMILES string of the molecule is O=C(O)c1ccccc1CNc1c(F)cccc1F. The van der Waals surface area contributed by atoms with Gasteiger partial charge in [-0.3, -0.25) is 0 Å². The first-order chi connectivity index (χ1) is 9.09. The zero-order chi connectivity index (χ0) is 13.8. The van der Waals surface area contributed by atoms with Crippen LogP contribution in [0.25, 0.3) is 0 Å². The van der Waals surface area contributed by atoms with Crippen molar-refractivity contribution in [2.24, 2.45) is 0 Å². The van der Waals surface area contributed by atoms with Crippen LogP contribution in [0, 0.1) is 11.6 Å². The van der Waals surface area contributed by atoms with Crippen molar-refractivity contribution in [1.82, 2.24) is 0 Å². The summed E-state index contributed by atoms with van der Waals surface area (Å²) in [6.07, 6.45) is 0. The highest BCUT2D eigenvalue weighted by Gasteiger charge is 2.11. The highest BCUT2D eigenvalue weighted by atomic mass is 19.1. The molecule has 0 radical (unpaired) electrons. The molecule has 2 rings (SSSR count). The van der Waals surface area contributed by atoms with Gasteiger partial charge in [0.15, 0.2) is 0 Å². The molecule has 19 heavy (non-hydrogen) atoms. The molecular formula is C14H11F2NO2. The Kier molecular flexibility index (Phi) is 3.75. The molecule has 0 amide bonds. The lowest BCUT2D eigenvalue weighted by Crippen LogP contribution is -2.08. The van der Waals surface area contributed by atoms with Crippen LogP contribution in [0.2, 0.25) is 0 Å². The summed E-state index contributed by atoms with van der Waals surface area (Å²) in [6.45, 7) is 0.0281. The Balaban J connectivity index is 2.22. The van der Waals surface area contributed by atoms with Crippen LogP contribution < -0.4 is 5.32 Å². The van der Waals surface area contributed by atoms with E-state index in [4.69, 9.17) is 5.11 Å². The number of carboxylic acid groups (broad SMARTS) is 1. The van der Waals surface area contributed by atoms with Crippen molar-refractivity contribution < 1.29 is 18.7 Å². The largest absolute Gasteiger partial charge is 0.478 e. The molecule has 2 aromatic carbocycles. The van der Waals surface area contributed by atoms with Gasteiger partial charge in [0.1, 0.15) is 17.3 Å². The maximum Gasteiger partial charge on any atom is 0.336 e. The average Bonchev–Trinajstić information content (AvgIpc) is 2.38. The Hall–Kier alpha value is -2.43. The monoisotopic (exact) mass is 263 g/mol. The Labute approximate surface area is 108 Å². The number of hydrogen-bond donors (Lipinski definition) is 2. The fourth-order valence-corrected chi connectivity index (χ4v) is 1.73. The molecule has 0 heterocycles. The van der Waals surface area contributed by atoms with Gasteiger partial charge in [-0.25, -0.2) is 13.6 Å². The van der Waals surface area contributed by atoms with Gasteiger partial charge in [0, 0.05) is 6.54 Å².